The van der Waals surface area contributed by atoms with Crippen LogP contribution in [-0.4, -0.2) is 35.9 Å². The molecule has 0 radical (unpaired) electrons. The molecule has 118 valence electrons. The van der Waals surface area contributed by atoms with Gasteiger partial charge in [0.2, 0.25) is 11.8 Å². The van der Waals surface area contributed by atoms with E-state index in [-0.39, 0.29) is 35.9 Å². The molecule has 6 nitrogen and oxygen atoms in total. The van der Waals surface area contributed by atoms with Gasteiger partial charge in [0.05, 0.1) is 12.7 Å². The van der Waals surface area contributed by atoms with Crippen LogP contribution in [-0.2, 0) is 9.59 Å². The van der Waals surface area contributed by atoms with Crippen molar-refractivity contribution >= 4 is 23.4 Å². The molecule has 1 aliphatic heterocycles. The number of nitrogens with one attached hydrogen (secondary N) is 4. The number of hydrazine groups is 1. The summed E-state index contributed by atoms with van der Waals surface area (Å²) < 4.78 is 0. The summed E-state index contributed by atoms with van der Waals surface area (Å²) in [5, 5.41) is 5.49. The molecule has 2 rings (SSSR count). The van der Waals surface area contributed by atoms with Crippen LogP contribution in [0.2, 0.25) is 0 Å². The van der Waals surface area contributed by atoms with Crippen LogP contribution in [0, 0.1) is 5.92 Å². The first kappa shape index (κ1) is 16.3. The van der Waals surface area contributed by atoms with E-state index in [1.54, 1.807) is 0 Å². The van der Waals surface area contributed by atoms with Crippen molar-refractivity contribution in [2.45, 2.75) is 49.7 Å². The number of carbonyl (C=O) groups excluding carboxylic acids is 2. The molecule has 4 atom stereocenters. The van der Waals surface area contributed by atoms with Crippen LogP contribution < -0.4 is 21.5 Å². The molecule has 0 bridgehead atoms. The zero-order valence-corrected chi connectivity index (χ0v) is 12.8. The number of halogens is 1. The number of carbonyl (C=O) groups is 2. The third kappa shape index (κ3) is 4.69. The Bertz CT molecular complexity index is 404. The van der Waals surface area contributed by atoms with E-state index in [0.717, 1.165) is 25.3 Å². The first-order valence-electron chi connectivity index (χ1n) is 7.45. The maximum atomic E-state index is 11.7. The van der Waals surface area contributed by atoms with Crippen molar-refractivity contribution in [1.29, 1.82) is 0 Å². The summed E-state index contributed by atoms with van der Waals surface area (Å²) in [6.07, 6.45) is 6.43. The van der Waals surface area contributed by atoms with Gasteiger partial charge >= 0.3 is 0 Å². The summed E-state index contributed by atoms with van der Waals surface area (Å²) >= 11 is 6.40. The SMILES string of the molecule is C=CC(=O)NCC(=O)NC1CC(C2CCCCC2Cl)NN1. The quantitative estimate of drug-likeness (QED) is 0.437. The lowest BCUT2D eigenvalue weighted by Crippen LogP contribution is -2.47. The van der Waals surface area contributed by atoms with Crippen LogP contribution in [0.4, 0.5) is 0 Å². The third-order valence-electron chi connectivity index (χ3n) is 4.13. The van der Waals surface area contributed by atoms with E-state index in [4.69, 9.17) is 11.6 Å². The van der Waals surface area contributed by atoms with Gasteiger partial charge in [-0.25, -0.2) is 5.43 Å². The monoisotopic (exact) mass is 314 g/mol. The summed E-state index contributed by atoms with van der Waals surface area (Å²) in [5.74, 6) is -0.140. The fourth-order valence-electron chi connectivity index (χ4n) is 3.01. The highest BCUT2D eigenvalue weighted by atomic mass is 35.5. The van der Waals surface area contributed by atoms with Crippen LogP contribution in [0.3, 0.4) is 0 Å². The first-order valence-corrected chi connectivity index (χ1v) is 7.88. The molecule has 1 heterocycles. The molecule has 0 aromatic heterocycles. The van der Waals surface area contributed by atoms with E-state index < -0.39 is 0 Å². The predicted octanol–water partition coefficient (Wildman–Crippen LogP) is 0.395. The van der Waals surface area contributed by atoms with E-state index in [1.807, 2.05) is 0 Å². The van der Waals surface area contributed by atoms with E-state index >= 15 is 0 Å². The molecule has 2 fully saturated rings. The lowest BCUT2D eigenvalue weighted by atomic mass is 9.82. The minimum atomic E-state index is -0.354. The van der Waals surface area contributed by atoms with Crippen molar-refractivity contribution in [3.63, 3.8) is 0 Å². The molecule has 2 amide bonds. The second-order valence-electron chi connectivity index (χ2n) is 5.64. The van der Waals surface area contributed by atoms with Gasteiger partial charge in [0.15, 0.2) is 0 Å². The Morgan fingerprint density at radius 1 is 1.29 bits per heavy atom. The third-order valence-corrected chi connectivity index (χ3v) is 4.67. The molecule has 1 saturated heterocycles. The van der Waals surface area contributed by atoms with E-state index in [2.05, 4.69) is 28.1 Å². The highest BCUT2D eigenvalue weighted by molar-refractivity contribution is 6.20. The Balaban J connectivity index is 1.73. The van der Waals surface area contributed by atoms with E-state index in [0.29, 0.717) is 5.92 Å². The molecule has 2 aliphatic rings. The zero-order valence-electron chi connectivity index (χ0n) is 12.0. The van der Waals surface area contributed by atoms with Crippen molar-refractivity contribution in [3.05, 3.63) is 12.7 Å². The fraction of sp³-hybridized carbons (Fsp3) is 0.714. The van der Waals surface area contributed by atoms with Gasteiger partial charge in [0, 0.05) is 11.4 Å². The highest BCUT2D eigenvalue weighted by Crippen LogP contribution is 2.33. The molecule has 7 heteroatoms. The highest BCUT2D eigenvalue weighted by Gasteiger charge is 2.35. The molecular weight excluding hydrogens is 292 g/mol. The van der Waals surface area contributed by atoms with Crippen molar-refractivity contribution in [3.8, 4) is 0 Å². The maximum Gasteiger partial charge on any atom is 0.243 e. The van der Waals surface area contributed by atoms with Crippen LogP contribution in [0.5, 0.6) is 0 Å². The van der Waals surface area contributed by atoms with Crippen LogP contribution in [0.1, 0.15) is 32.1 Å². The van der Waals surface area contributed by atoms with Gasteiger partial charge in [-0.15, -0.1) is 11.6 Å². The summed E-state index contributed by atoms with van der Waals surface area (Å²) in [4.78, 5) is 22.7. The van der Waals surface area contributed by atoms with Gasteiger partial charge in [0.25, 0.3) is 0 Å². The first-order chi connectivity index (χ1) is 10.1. The zero-order chi connectivity index (χ0) is 15.2. The molecule has 21 heavy (non-hydrogen) atoms. The Morgan fingerprint density at radius 3 is 2.76 bits per heavy atom. The lowest BCUT2D eigenvalue weighted by Gasteiger charge is -2.31. The maximum absolute atomic E-state index is 11.7. The molecule has 4 N–H and O–H groups in total. The van der Waals surface area contributed by atoms with Crippen LogP contribution >= 0.6 is 11.6 Å². The summed E-state index contributed by atoms with van der Waals surface area (Å²) in [7, 11) is 0. The molecule has 0 aromatic carbocycles. The minimum Gasteiger partial charge on any atom is -0.344 e. The molecule has 0 aromatic rings. The van der Waals surface area contributed by atoms with Crippen molar-refractivity contribution in [2.75, 3.05) is 6.54 Å². The van der Waals surface area contributed by atoms with Gasteiger partial charge < -0.3 is 10.6 Å². The second kappa shape index (κ2) is 7.77. The van der Waals surface area contributed by atoms with Crippen molar-refractivity contribution in [1.82, 2.24) is 21.5 Å². The van der Waals surface area contributed by atoms with Gasteiger partial charge in [-0.1, -0.05) is 19.4 Å². The lowest BCUT2D eigenvalue weighted by molar-refractivity contribution is -0.124. The number of hydrogen-bond acceptors (Lipinski definition) is 4. The smallest absolute Gasteiger partial charge is 0.243 e. The van der Waals surface area contributed by atoms with Crippen LogP contribution in [0.25, 0.3) is 0 Å². The second-order valence-corrected chi connectivity index (χ2v) is 6.20. The minimum absolute atomic E-state index is 0.0464. The Hall–Kier alpha value is -1.11. The molecular formula is C14H23ClN4O2. The Labute approximate surface area is 130 Å². The van der Waals surface area contributed by atoms with Gasteiger partial charge in [-0.05, 0) is 31.3 Å². The molecule has 4 unspecified atom stereocenters. The normalized spacial score (nSPS) is 32.4. The summed E-state index contributed by atoms with van der Waals surface area (Å²) in [5.41, 5.74) is 6.32. The van der Waals surface area contributed by atoms with Crippen LogP contribution in [0.15, 0.2) is 12.7 Å². The molecule has 1 saturated carbocycles. The summed E-state index contributed by atoms with van der Waals surface area (Å²) in [6.45, 7) is 3.29. The largest absolute Gasteiger partial charge is 0.344 e. The van der Waals surface area contributed by atoms with Crippen molar-refractivity contribution in [2.24, 2.45) is 5.92 Å². The molecule has 1 aliphatic carbocycles. The Kier molecular flexibility index (Phi) is 6.02. The Morgan fingerprint density at radius 2 is 2.05 bits per heavy atom. The number of hydrogen-bond donors (Lipinski definition) is 4. The number of rotatable bonds is 5. The van der Waals surface area contributed by atoms with Gasteiger partial charge in [-0.3, -0.25) is 15.0 Å². The topological polar surface area (TPSA) is 82.3 Å². The average Bonchev–Trinajstić information content (AvgIpc) is 2.93. The molecule has 0 spiro atoms. The standard InChI is InChI=1S/C14H23ClN4O2/c1-2-13(20)16-8-14(21)17-12-7-11(18-19-12)9-5-3-4-6-10(9)15/h2,9-12,18-19H,1,3-8H2,(H,16,20)(H,17,21). The number of amides is 2. The van der Waals surface area contributed by atoms with Gasteiger partial charge in [0.1, 0.15) is 0 Å². The predicted molar refractivity (Wildman–Crippen MR) is 81.4 cm³/mol. The van der Waals surface area contributed by atoms with E-state index in [1.165, 1.54) is 12.8 Å². The fourth-order valence-corrected chi connectivity index (χ4v) is 3.46. The van der Waals surface area contributed by atoms with Gasteiger partial charge in [-0.2, -0.15) is 0 Å². The van der Waals surface area contributed by atoms with E-state index in [9.17, 15) is 9.59 Å². The average molecular weight is 315 g/mol. The number of alkyl halides is 1. The van der Waals surface area contributed by atoms with Crippen molar-refractivity contribution < 1.29 is 9.59 Å². The summed E-state index contributed by atoms with van der Waals surface area (Å²) in [6, 6.07) is 0.279.